The predicted molar refractivity (Wildman–Crippen MR) is 71.2 cm³/mol. The van der Waals surface area contributed by atoms with E-state index in [1.165, 1.54) is 6.92 Å². The lowest BCUT2D eigenvalue weighted by Gasteiger charge is -2.06. The Kier molecular flexibility index (Phi) is 3.56. The highest BCUT2D eigenvalue weighted by Crippen LogP contribution is 2.24. The molecule has 2 aromatic rings. The molecule has 0 N–H and O–H groups in total. The molecular weight excluding hydrogens is 227 g/mol. The van der Waals surface area contributed by atoms with Crippen molar-refractivity contribution in [3.05, 3.63) is 59.4 Å². The van der Waals surface area contributed by atoms with Crippen LogP contribution in [0, 0.1) is 5.82 Å². The first kappa shape index (κ1) is 12.5. The van der Waals surface area contributed by atoms with E-state index in [0.29, 0.717) is 11.1 Å². The number of hydrogen-bond acceptors (Lipinski definition) is 1. The van der Waals surface area contributed by atoms with Crippen molar-refractivity contribution in [1.29, 1.82) is 0 Å². The predicted octanol–water partition coefficient (Wildman–Crippen LogP) is 4.26. The van der Waals surface area contributed by atoms with Gasteiger partial charge >= 0.3 is 0 Å². The summed E-state index contributed by atoms with van der Waals surface area (Å²) in [6, 6.07) is 12.3. The largest absolute Gasteiger partial charge is 0.295 e. The molecule has 0 bridgehead atoms. The monoisotopic (exact) mass is 242 g/mol. The molecule has 0 atom stereocenters. The topological polar surface area (TPSA) is 17.1 Å². The fourth-order valence-corrected chi connectivity index (χ4v) is 1.90. The highest BCUT2D eigenvalue weighted by Gasteiger charge is 2.06. The van der Waals surface area contributed by atoms with Gasteiger partial charge in [-0.2, -0.15) is 0 Å². The van der Waals surface area contributed by atoms with Gasteiger partial charge in [-0.3, -0.25) is 4.79 Å². The first-order valence-corrected chi connectivity index (χ1v) is 6.01. The molecule has 0 radical (unpaired) electrons. The molecule has 1 nitrogen and oxygen atoms in total. The highest BCUT2D eigenvalue weighted by molar-refractivity contribution is 5.94. The molecule has 2 rings (SSSR count). The highest BCUT2D eigenvalue weighted by atomic mass is 19.1. The molecule has 18 heavy (non-hydrogen) atoms. The van der Waals surface area contributed by atoms with Gasteiger partial charge in [-0.15, -0.1) is 0 Å². The summed E-state index contributed by atoms with van der Waals surface area (Å²) in [6.45, 7) is 3.52. The number of carbonyl (C=O) groups is 1. The van der Waals surface area contributed by atoms with E-state index in [4.69, 9.17) is 0 Å². The van der Waals surface area contributed by atoms with Crippen LogP contribution < -0.4 is 0 Å². The van der Waals surface area contributed by atoms with Crippen molar-refractivity contribution in [3.8, 4) is 11.1 Å². The van der Waals surface area contributed by atoms with Gasteiger partial charge in [0, 0.05) is 11.1 Å². The number of hydrogen-bond donors (Lipinski definition) is 0. The average molecular weight is 242 g/mol. The normalized spacial score (nSPS) is 10.4. The summed E-state index contributed by atoms with van der Waals surface area (Å²) in [5.74, 6) is -0.201. The summed E-state index contributed by atoms with van der Waals surface area (Å²) in [6.07, 6.45) is 0.820. The summed E-state index contributed by atoms with van der Waals surface area (Å²) < 4.78 is 13.9. The lowest BCUT2D eigenvalue weighted by molar-refractivity contribution is 0.101. The zero-order valence-electron chi connectivity index (χ0n) is 10.5. The molecule has 0 amide bonds. The Morgan fingerprint density at radius 2 is 1.78 bits per heavy atom. The molecule has 0 saturated heterocycles. The second kappa shape index (κ2) is 5.13. The van der Waals surface area contributed by atoms with Crippen LogP contribution in [0.3, 0.4) is 0 Å². The maximum atomic E-state index is 13.9. The number of benzene rings is 2. The van der Waals surface area contributed by atoms with E-state index >= 15 is 0 Å². The molecule has 0 aliphatic rings. The van der Waals surface area contributed by atoms with E-state index in [9.17, 15) is 9.18 Å². The summed E-state index contributed by atoms with van der Waals surface area (Å²) >= 11 is 0. The fourth-order valence-electron chi connectivity index (χ4n) is 1.90. The lowest BCUT2D eigenvalue weighted by Crippen LogP contribution is -1.92. The first-order valence-electron chi connectivity index (χ1n) is 6.01. The Balaban J connectivity index is 2.39. The quantitative estimate of drug-likeness (QED) is 0.735. The van der Waals surface area contributed by atoms with Crippen molar-refractivity contribution < 1.29 is 9.18 Å². The van der Waals surface area contributed by atoms with Gasteiger partial charge in [0.05, 0.1) is 0 Å². The Hall–Kier alpha value is -1.96. The minimum absolute atomic E-state index is 0.0170. The Labute approximate surface area is 106 Å². The summed E-state index contributed by atoms with van der Waals surface area (Å²) in [5.41, 5.74) is 2.99. The molecule has 0 unspecified atom stereocenters. The third-order valence-electron chi connectivity index (χ3n) is 3.04. The van der Waals surface area contributed by atoms with Crippen LogP contribution in [0.2, 0.25) is 0 Å². The second-order valence-electron chi connectivity index (χ2n) is 4.30. The molecular formula is C16H15FO. The maximum absolute atomic E-state index is 13.9. The van der Waals surface area contributed by atoms with Crippen molar-refractivity contribution in [1.82, 2.24) is 0 Å². The average Bonchev–Trinajstić information content (AvgIpc) is 2.38. The molecule has 0 aromatic heterocycles. The van der Waals surface area contributed by atoms with Crippen molar-refractivity contribution in [2.24, 2.45) is 0 Å². The van der Waals surface area contributed by atoms with Crippen molar-refractivity contribution in [2.45, 2.75) is 20.3 Å². The van der Waals surface area contributed by atoms with E-state index in [-0.39, 0.29) is 11.6 Å². The number of rotatable bonds is 3. The van der Waals surface area contributed by atoms with Crippen LogP contribution in [0.15, 0.2) is 42.5 Å². The van der Waals surface area contributed by atoms with Gasteiger partial charge in [-0.05, 0) is 30.5 Å². The summed E-state index contributed by atoms with van der Waals surface area (Å²) in [7, 11) is 0. The lowest BCUT2D eigenvalue weighted by atomic mass is 10.0. The molecule has 0 aliphatic carbocycles. The van der Waals surface area contributed by atoms with E-state index in [1.54, 1.807) is 36.4 Å². The van der Waals surface area contributed by atoms with E-state index in [0.717, 1.165) is 17.5 Å². The number of Topliss-reactive ketones (excluding diaryl/α,β-unsaturated/α-hetero) is 1. The number of ketones is 1. The summed E-state index contributed by atoms with van der Waals surface area (Å²) in [5, 5.41) is 0. The molecule has 0 fully saturated rings. The van der Waals surface area contributed by atoms with Gasteiger partial charge in [0.25, 0.3) is 0 Å². The minimum atomic E-state index is -0.218. The van der Waals surface area contributed by atoms with Crippen LogP contribution in [0.1, 0.15) is 29.8 Å². The van der Waals surface area contributed by atoms with Crippen LogP contribution >= 0.6 is 0 Å². The Morgan fingerprint density at radius 1 is 1.11 bits per heavy atom. The van der Waals surface area contributed by atoms with Gasteiger partial charge in [-0.1, -0.05) is 43.3 Å². The molecule has 0 spiro atoms. The maximum Gasteiger partial charge on any atom is 0.159 e. The zero-order chi connectivity index (χ0) is 13.1. The molecule has 0 heterocycles. The van der Waals surface area contributed by atoms with Crippen molar-refractivity contribution in [3.63, 3.8) is 0 Å². The second-order valence-corrected chi connectivity index (χ2v) is 4.30. The molecule has 92 valence electrons. The molecule has 2 heteroatoms. The third-order valence-corrected chi connectivity index (χ3v) is 3.04. The van der Waals surface area contributed by atoms with Crippen LogP contribution in [0.25, 0.3) is 11.1 Å². The van der Waals surface area contributed by atoms with Crippen molar-refractivity contribution >= 4 is 5.78 Å². The Morgan fingerprint density at radius 3 is 2.28 bits per heavy atom. The summed E-state index contributed by atoms with van der Waals surface area (Å²) in [4.78, 5) is 11.2. The molecule has 0 saturated carbocycles. The number of carbonyl (C=O) groups excluding carboxylic acids is 1. The number of aryl methyl sites for hydroxylation is 1. The molecule has 2 aromatic carbocycles. The SMILES string of the molecule is CCc1ccc(-c2ccc(C(C)=O)cc2)c(F)c1. The van der Waals surface area contributed by atoms with Crippen LogP contribution in [-0.4, -0.2) is 5.78 Å². The number of halogens is 1. The van der Waals surface area contributed by atoms with Gasteiger partial charge in [-0.25, -0.2) is 4.39 Å². The van der Waals surface area contributed by atoms with Crippen LogP contribution in [0.4, 0.5) is 4.39 Å². The zero-order valence-corrected chi connectivity index (χ0v) is 10.5. The van der Waals surface area contributed by atoms with Gasteiger partial charge in [0.2, 0.25) is 0 Å². The van der Waals surface area contributed by atoms with E-state index in [1.807, 2.05) is 13.0 Å². The van der Waals surface area contributed by atoms with E-state index in [2.05, 4.69) is 0 Å². The smallest absolute Gasteiger partial charge is 0.159 e. The van der Waals surface area contributed by atoms with Crippen LogP contribution in [-0.2, 0) is 6.42 Å². The van der Waals surface area contributed by atoms with Crippen LogP contribution in [0.5, 0.6) is 0 Å². The van der Waals surface area contributed by atoms with Gasteiger partial charge in [0.15, 0.2) is 5.78 Å². The van der Waals surface area contributed by atoms with Crippen molar-refractivity contribution in [2.75, 3.05) is 0 Å². The third kappa shape index (κ3) is 2.48. The standard InChI is InChI=1S/C16H15FO/c1-3-12-4-9-15(16(17)10-12)14-7-5-13(6-8-14)11(2)18/h4-10H,3H2,1-2H3. The first-order chi connectivity index (χ1) is 8.61. The Bertz CT molecular complexity index is 570. The minimum Gasteiger partial charge on any atom is -0.295 e. The van der Waals surface area contributed by atoms with Gasteiger partial charge < -0.3 is 0 Å². The molecule has 0 aliphatic heterocycles. The fraction of sp³-hybridized carbons (Fsp3) is 0.188. The van der Waals surface area contributed by atoms with E-state index < -0.39 is 0 Å². The van der Waals surface area contributed by atoms with Gasteiger partial charge in [0.1, 0.15) is 5.82 Å².